The Bertz CT molecular complexity index is 814. The minimum atomic E-state index is 0.203. The van der Waals surface area contributed by atoms with E-state index in [-0.39, 0.29) is 5.91 Å². The smallest absolute Gasteiger partial charge is 0.227 e. The number of carbonyl (C=O) groups is 1. The summed E-state index contributed by atoms with van der Waals surface area (Å²) in [7, 11) is 0. The van der Waals surface area contributed by atoms with Crippen LogP contribution in [0.15, 0.2) is 54.6 Å². The van der Waals surface area contributed by atoms with E-state index in [1.54, 1.807) is 0 Å². The Hall–Kier alpha value is -3.02. The van der Waals surface area contributed by atoms with Crippen LogP contribution in [0.2, 0.25) is 0 Å². The van der Waals surface area contributed by atoms with E-state index in [1.807, 2.05) is 47.4 Å². The molecule has 1 atom stereocenters. The third-order valence-electron chi connectivity index (χ3n) is 4.35. The molecule has 1 aliphatic rings. The molecule has 1 amide bonds. The lowest BCUT2D eigenvalue weighted by Gasteiger charge is -2.16. The van der Waals surface area contributed by atoms with E-state index in [4.69, 9.17) is 0 Å². The second-order valence-corrected chi connectivity index (χ2v) is 6.05. The third-order valence-corrected chi connectivity index (χ3v) is 4.35. The molecule has 2 aromatic carbocycles. The van der Waals surface area contributed by atoms with Gasteiger partial charge in [-0.25, -0.2) is 0 Å². The summed E-state index contributed by atoms with van der Waals surface area (Å²) in [6.07, 6.45) is 1.49. The average molecular weight is 319 g/mol. The molecule has 1 aromatic heterocycles. The zero-order chi connectivity index (χ0) is 16.4. The third kappa shape index (κ3) is 2.90. The summed E-state index contributed by atoms with van der Waals surface area (Å²) in [5.74, 6) is 1.14. The highest BCUT2D eigenvalue weighted by molar-refractivity contribution is 5.95. The monoisotopic (exact) mass is 319 g/mol. The number of rotatable bonds is 4. The average Bonchev–Trinajstić information content (AvgIpc) is 3.26. The molecule has 6 nitrogen and oxygen atoms in total. The maximum atomic E-state index is 12.3. The van der Waals surface area contributed by atoms with Crippen LogP contribution < -0.4 is 4.90 Å². The second kappa shape index (κ2) is 6.23. The van der Waals surface area contributed by atoms with Crippen LogP contribution >= 0.6 is 0 Å². The normalized spacial score (nSPS) is 17.4. The summed E-state index contributed by atoms with van der Waals surface area (Å²) in [4.78, 5) is 14.2. The molecule has 0 aliphatic carbocycles. The number of aromatic nitrogens is 4. The van der Waals surface area contributed by atoms with Crippen LogP contribution in [0.25, 0.3) is 11.4 Å². The van der Waals surface area contributed by atoms with Crippen LogP contribution in [0.5, 0.6) is 0 Å². The van der Waals surface area contributed by atoms with Gasteiger partial charge in [-0.15, -0.1) is 10.2 Å². The van der Waals surface area contributed by atoms with Gasteiger partial charge in [-0.2, -0.15) is 5.21 Å². The Morgan fingerprint density at radius 1 is 1.08 bits per heavy atom. The molecule has 1 N–H and O–H groups in total. The molecule has 4 rings (SSSR count). The fraction of sp³-hybridized carbons (Fsp3) is 0.222. The van der Waals surface area contributed by atoms with Gasteiger partial charge in [0, 0.05) is 24.2 Å². The molecule has 120 valence electrons. The Morgan fingerprint density at radius 3 is 2.58 bits per heavy atom. The van der Waals surface area contributed by atoms with Gasteiger partial charge in [-0.05, 0) is 35.2 Å². The Balaban J connectivity index is 1.44. The molecule has 2 heterocycles. The fourth-order valence-corrected chi connectivity index (χ4v) is 3.18. The van der Waals surface area contributed by atoms with Gasteiger partial charge < -0.3 is 4.90 Å². The summed E-state index contributed by atoms with van der Waals surface area (Å²) in [6, 6.07) is 18.0. The summed E-state index contributed by atoms with van der Waals surface area (Å²) in [6.45, 7) is 0.773. The number of carbonyl (C=O) groups excluding carboxylic acids is 1. The van der Waals surface area contributed by atoms with E-state index < -0.39 is 0 Å². The molecule has 0 unspecified atom stereocenters. The van der Waals surface area contributed by atoms with Crippen molar-refractivity contribution >= 4 is 11.6 Å². The number of hydrogen-bond donors (Lipinski definition) is 1. The zero-order valence-electron chi connectivity index (χ0n) is 13.1. The second-order valence-electron chi connectivity index (χ2n) is 6.05. The summed E-state index contributed by atoms with van der Waals surface area (Å²) in [5, 5.41) is 14.0. The highest BCUT2D eigenvalue weighted by Gasteiger charge is 2.30. The first-order valence-corrected chi connectivity index (χ1v) is 7.98. The molecule has 3 aromatic rings. The van der Waals surface area contributed by atoms with Crippen molar-refractivity contribution in [3.63, 3.8) is 0 Å². The highest BCUT2D eigenvalue weighted by atomic mass is 16.2. The van der Waals surface area contributed by atoms with E-state index in [2.05, 4.69) is 32.8 Å². The van der Waals surface area contributed by atoms with Crippen molar-refractivity contribution in [2.24, 2.45) is 5.92 Å². The van der Waals surface area contributed by atoms with E-state index in [9.17, 15) is 4.79 Å². The number of tetrazole rings is 1. The number of nitrogens with zero attached hydrogens (tertiary/aromatic N) is 4. The molecule has 6 heteroatoms. The minimum absolute atomic E-state index is 0.203. The predicted octanol–water partition coefficient (Wildman–Crippen LogP) is 2.46. The van der Waals surface area contributed by atoms with Crippen LogP contribution in [0.3, 0.4) is 0 Å². The van der Waals surface area contributed by atoms with Crippen LogP contribution in [0.4, 0.5) is 5.69 Å². The van der Waals surface area contributed by atoms with Crippen LogP contribution in [0, 0.1) is 5.92 Å². The number of H-pyrrole nitrogens is 1. The van der Waals surface area contributed by atoms with Crippen LogP contribution in [-0.4, -0.2) is 33.1 Å². The molecular weight excluding hydrogens is 302 g/mol. The zero-order valence-corrected chi connectivity index (χ0v) is 13.1. The standard InChI is InChI=1S/C18H17N5O/c24-17-11-14(12-23(17)16-4-2-1-3-5-16)10-13-6-8-15(9-7-13)18-19-21-22-20-18/h1-9,14H,10-12H2,(H,19,20,21,22)/t14-/m1/s1. The van der Waals surface area contributed by atoms with Gasteiger partial charge in [0.2, 0.25) is 11.7 Å². The number of para-hydroxylation sites is 1. The van der Waals surface area contributed by atoms with Gasteiger partial charge in [0.25, 0.3) is 0 Å². The van der Waals surface area contributed by atoms with Crippen molar-refractivity contribution < 1.29 is 4.79 Å². The van der Waals surface area contributed by atoms with Crippen LogP contribution in [-0.2, 0) is 11.2 Å². The van der Waals surface area contributed by atoms with Crippen LogP contribution in [0.1, 0.15) is 12.0 Å². The predicted molar refractivity (Wildman–Crippen MR) is 90.2 cm³/mol. The molecule has 0 bridgehead atoms. The lowest BCUT2D eigenvalue weighted by molar-refractivity contribution is -0.117. The first-order chi connectivity index (χ1) is 11.8. The molecule has 0 radical (unpaired) electrons. The Kier molecular flexibility index (Phi) is 3.78. The van der Waals surface area contributed by atoms with Gasteiger partial charge in [0.1, 0.15) is 0 Å². The van der Waals surface area contributed by atoms with Crippen molar-refractivity contribution in [1.29, 1.82) is 0 Å². The molecule has 1 saturated heterocycles. The van der Waals surface area contributed by atoms with Gasteiger partial charge in [-0.1, -0.05) is 42.5 Å². The van der Waals surface area contributed by atoms with Gasteiger partial charge in [0.15, 0.2) is 0 Å². The summed E-state index contributed by atoms with van der Waals surface area (Å²) < 4.78 is 0. The number of aromatic amines is 1. The van der Waals surface area contributed by atoms with Gasteiger partial charge in [-0.3, -0.25) is 4.79 Å². The molecule has 0 spiro atoms. The number of amides is 1. The fourth-order valence-electron chi connectivity index (χ4n) is 3.18. The van der Waals surface area contributed by atoms with Gasteiger partial charge >= 0.3 is 0 Å². The first-order valence-electron chi connectivity index (χ1n) is 7.98. The number of hydrogen-bond acceptors (Lipinski definition) is 4. The molecule has 1 aliphatic heterocycles. The Morgan fingerprint density at radius 2 is 1.88 bits per heavy atom. The van der Waals surface area contributed by atoms with Crippen molar-refractivity contribution in [3.05, 3.63) is 60.2 Å². The molecular formula is C18H17N5O. The maximum Gasteiger partial charge on any atom is 0.227 e. The lowest BCUT2D eigenvalue weighted by atomic mass is 9.97. The maximum absolute atomic E-state index is 12.3. The topological polar surface area (TPSA) is 74.8 Å². The molecule has 0 saturated carbocycles. The molecule has 1 fully saturated rings. The van der Waals surface area contributed by atoms with E-state index in [1.165, 1.54) is 5.56 Å². The summed E-state index contributed by atoms with van der Waals surface area (Å²) in [5.41, 5.74) is 3.13. The van der Waals surface area contributed by atoms with Crippen molar-refractivity contribution in [1.82, 2.24) is 20.6 Å². The number of anilines is 1. The quantitative estimate of drug-likeness (QED) is 0.801. The largest absolute Gasteiger partial charge is 0.312 e. The number of benzene rings is 2. The first kappa shape index (κ1) is 14.6. The van der Waals surface area contributed by atoms with E-state index in [0.29, 0.717) is 18.2 Å². The number of nitrogens with one attached hydrogen (secondary N) is 1. The van der Waals surface area contributed by atoms with Crippen molar-refractivity contribution in [3.8, 4) is 11.4 Å². The Labute approximate surface area is 139 Å². The van der Waals surface area contributed by atoms with E-state index >= 15 is 0 Å². The van der Waals surface area contributed by atoms with Crippen molar-refractivity contribution in [2.45, 2.75) is 12.8 Å². The van der Waals surface area contributed by atoms with E-state index in [0.717, 1.165) is 24.2 Å². The van der Waals surface area contributed by atoms with Gasteiger partial charge in [0.05, 0.1) is 0 Å². The summed E-state index contributed by atoms with van der Waals surface area (Å²) >= 11 is 0. The SMILES string of the molecule is O=C1C[C@@H](Cc2ccc(-c3nn[nH]n3)cc2)CN1c1ccccc1. The lowest BCUT2D eigenvalue weighted by Crippen LogP contribution is -2.24. The minimum Gasteiger partial charge on any atom is -0.312 e. The van der Waals surface area contributed by atoms with Crippen molar-refractivity contribution in [2.75, 3.05) is 11.4 Å². The highest BCUT2D eigenvalue weighted by Crippen LogP contribution is 2.27. The molecule has 24 heavy (non-hydrogen) atoms.